The highest BCUT2D eigenvalue weighted by atomic mass is 35.5. The number of alkyl halides is 3. The lowest BCUT2D eigenvalue weighted by Crippen LogP contribution is -2.45. The molecule has 1 aliphatic rings. The first-order valence-corrected chi connectivity index (χ1v) is 8.02. The molecule has 0 unspecified atom stereocenters. The highest BCUT2D eigenvalue weighted by Gasteiger charge is 2.31. The molecule has 0 saturated carbocycles. The summed E-state index contributed by atoms with van der Waals surface area (Å²) in [6, 6.07) is 12.7. The van der Waals surface area contributed by atoms with E-state index in [1.165, 1.54) is 12.1 Å². The molecule has 0 bridgehead atoms. The van der Waals surface area contributed by atoms with Crippen LogP contribution in [0.5, 0.6) is 11.5 Å². The largest absolute Gasteiger partial charge is 0.573 e. The van der Waals surface area contributed by atoms with Crippen LogP contribution in [0.1, 0.15) is 17.2 Å². The predicted octanol–water partition coefficient (Wildman–Crippen LogP) is 4.13. The SMILES string of the molecule is Cl.Cl.Oc1cccc([C@H](c2ccc(OC(F)(F)F)cc2)N2CCNCC2)c1. The van der Waals surface area contributed by atoms with Crippen molar-refractivity contribution in [3.8, 4) is 11.5 Å². The zero-order valence-corrected chi connectivity index (χ0v) is 15.9. The Morgan fingerprint density at radius 2 is 1.59 bits per heavy atom. The van der Waals surface area contributed by atoms with Crippen LogP contribution in [0.4, 0.5) is 13.2 Å². The Labute approximate surface area is 168 Å². The van der Waals surface area contributed by atoms with Gasteiger partial charge in [-0.2, -0.15) is 0 Å². The molecule has 4 nitrogen and oxygen atoms in total. The molecule has 9 heteroatoms. The zero-order chi connectivity index (χ0) is 17.9. The number of ether oxygens (including phenoxy) is 1. The lowest BCUT2D eigenvalue weighted by atomic mass is 9.96. The number of piperazine rings is 1. The van der Waals surface area contributed by atoms with Gasteiger partial charge in [-0.25, -0.2) is 0 Å². The number of phenolic OH excluding ortho intramolecular Hbond substituents is 1. The van der Waals surface area contributed by atoms with Crippen molar-refractivity contribution in [2.75, 3.05) is 26.2 Å². The quantitative estimate of drug-likeness (QED) is 0.774. The Hall–Kier alpha value is -1.67. The summed E-state index contributed by atoms with van der Waals surface area (Å²) >= 11 is 0. The maximum atomic E-state index is 12.3. The highest BCUT2D eigenvalue weighted by Crippen LogP contribution is 2.32. The van der Waals surface area contributed by atoms with Crippen molar-refractivity contribution < 1.29 is 23.0 Å². The van der Waals surface area contributed by atoms with E-state index >= 15 is 0 Å². The van der Waals surface area contributed by atoms with Crippen molar-refractivity contribution in [1.29, 1.82) is 0 Å². The minimum Gasteiger partial charge on any atom is -0.508 e. The molecule has 150 valence electrons. The summed E-state index contributed by atoms with van der Waals surface area (Å²) in [5.74, 6) is -0.0825. The van der Waals surface area contributed by atoms with Crippen LogP contribution in [0.2, 0.25) is 0 Å². The number of hydrogen-bond acceptors (Lipinski definition) is 4. The van der Waals surface area contributed by atoms with Gasteiger partial charge in [0.05, 0.1) is 6.04 Å². The number of benzene rings is 2. The lowest BCUT2D eigenvalue weighted by molar-refractivity contribution is -0.274. The van der Waals surface area contributed by atoms with E-state index in [4.69, 9.17) is 0 Å². The third kappa shape index (κ3) is 6.46. The van der Waals surface area contributed by atoms with Crippen molar-refractivity contribution in [1.82, 2.24) is 10.2 Å². The molecule has 0 amide bonds. The first-order valence-electron chi connectivity index (χ1n) is 8.02. The predicted molar refractivity (Wildman–Crippen MR) is 102 cm³/mol. The minimum atomic E-state index is -4.70. The summed E-state index contributed by atoms with van der Waals surface area (Å²) in [6.07, 6.45) is -4.70. The van der Waals surface area contributed by atoms with Crippen LogP contribution in [0.3, 0.4) is 0 Å². The van der Waals surface area contributed by atoms with Crippen LogP contribution < -0.4 is 10.1 Å². The number of phenols is 1. The van der Waals surface area contributed by atoms with Crippen LogP contribution in [0.15, 0.2) is 48.5 Å². The topological polar surface area (TPSA) is 44.7 Å². The van der Waals surface area contributed by atoms with Gasteiger partial charge >= 0.3 is 6.36 Å². The molecule has 0 spiro atoms. The van der Waals surface area contributed by atoms with Gasteiger partial charge < -0.3 is 15.2 Å². The van der Waals surface area contributed by atoms with E-state index in [9.17, 15) is 18.3 Å². The van der Waals surface area contributed by atoms with E-state index < -0.39 is 6.36 Å². The van der Waals surface area contributed by atoms with Crippen molar-refractivity contribution in [2.45, 2.75) is 12.4 Å². The van der Waals surface area contributed by atoms with E-state index in [2.05, 4.69) is 15.0 Å². The second-order valence-electron chi connectivity index (χ2n) is 5.90. The van der Waals surface area contributed by atoms with Crippen LogP contribution in [0.25, 0.3) is 0 Å². The maximum Gasteiger partial charge on any atom is 0.573 e. The van der Waals surface area contributed by atoms with Crippen molar-refractivity contribution >= 4 is 24.8 Å². The van der Waals surface area contributed by atoms with Gasteiger partial charge in [-0.1, -0.05) is 24.3 Å². The molecule has 27 heavy (non-hydrogen) atoms. The number of nitrogens with zero attached hydrogens (tertiary/aromatic N) is 1. The summed E-state index contributed by atoms with van der Waals surface area (Å²) in [6.45, 7) is 3.29. The average molecular weight is 425 g/mol. The Kier molecular flexibility index (Phi) is 8.68. The number of halogens is 5. The summed E-state index contributed by atoms with van der Waals surface area (Å²) in [5.41, 5.74) is 1.74. The van der Waals surface area contributed by atoms with E-state index in [0.717, 1.165) is 37.3 Å². The van der Waals surface area contributed by atoms with E-state index in [1.54, 1.807) is 30.3 Å². The van der Waals surface area contributed by atoms with Crippen molar-refractivity contribution in [2.24, 2.45) is 0 Å². The first-order chi connectivity index (χ1) is 11.9. The van der Waals surface area contributed by atoms with Gasteiger partial charge in [0, 0.05) is 26.2 Å². The van der Waals surface area contributed by atoms with Gasteiger partial charge in [0.2, 0.25) is 0 Å². The standard InChI is InChI=1S/C18H19F3N2O2.2ClH/c19-18(20,21)25-16-6-4-13(5-7-16)17(23-10-8-22-9-11-23)14-2-1-3-15(24)12-14;;/h1-7,12,17,22,24H,8-11H2;2*1H/t17-;;/m0../s1. The van der Waals surface area contributed by atoms with Crippen LogP contribution in [0, 0.1) is 0 Å². The summed E-state index contributed by atoms with van der Waals surface area (Å²) < 4.78 is 40.9. The van der Waals surface area contributed by atoms with E-state index in [-0.39, 0.29) is 42.4 Å². The monoisotopic (exact) mass is 424 g/mol. The molecule has 1 saturated heterocycles. The third-order valence-corrected chi connectivity index (χ3v) is 4.13. The van der Waals surface area contributed by atoms with Gasteiger partial charge in [0.25, 0.3) is 0 Å². The van der Waals surface area contributed by atoms with Gasteiger partial charge in [0.15, 0.2) is 0 Å². The normalized spacial score (nSPS) is 16.0. The van der Waals surface area contributed by atoms with Crippen LogP contribution in [-0.2, 0) is 0 Å². The summed E-state index contributed by atoms with van der Waals surface area (Å²) in [5, 5.41) is 13.1. The molecule has 1 heterocycles. The molecule has 0 radical (unpaired) electrons. The smallest absolute Gasteiger partial charge is 0.508 e. The number of aromatic hydroxyl groups is 1. The molecule has 0 aliphatic carbocycles. The molecule has 3 rings (SSSR count). The molecular formula is C18H21Cl2F3N2O2. The van der Waals surface area contributed by atoms with E-state index in [1.807, 2.05) is 6.07 Å². The second kappa shape index (κ2) is 10.0. The first kappa shape index (κ1) is 23.4. The number of rotatable bonds is 4. The molecule has 1 aliphatic heterocycles. The maximum absolute atomic E-state index is 12.3. The fourth-order valence-electron chi connectivity index (χ4n) is 3.10. The summed E-state index contributed by atoms with van der Waals surface area (Å²) in [7, 11) is 0. The zero-order valence-electron chi connectivity index (χ0n) is 14.3. The van der Waals surface area contributed by atoms with Crippen LogP contribution in [-0.4, -0.2) is 42.5 Å². The molecule has 2 aromatic carbocycles. The fraction of sp³-hybridized carbons (Fsp3) is 0.333. The second-order valence-corrected chi connectivity index (χ2v) is 5.90. The van der Waals surface area contributed by atoms with Crippen molar-refractivity contribution in [3.05, 3.63) is 59.7 Å². The minimum absolute atomic E-state index is 0. The van der Waals surface area contributed by atoms with Crippen LogP contribution >= 0.6 is 24.8 Å². The van der Waals surface area contributed by atoms with Gasteiger partial charge in [-0.05, 0) is 35.4 Å². The number of nitrogens with one attached hydrogen (secondary N) is 1. The van der Waals surface area contributed by atoms with Gasteiger partial charge in [-0.15, -0.1) is 38.0 Å². The molecule has 2 N–H and O–H groups in total. The third-order valence-electron chi connectivity index (χ3n) is 4.13. The molecule has 1 fully saturated rings. The fourth-order valence-corrected chi connectivity index (χ4v) is 3.10. The highest BCUT2D eigenvalue weighted by molar-refractivity contribution is 5.85. The van der Waals surface area contributed by atoms with Gasteiger partial charge in [-0.3, -0.25) is 4.90 Å². The van der Waals surface area contributed by atoms with Gasteiger partial charge in [0.1, 0.15) is 11.5 Å². The van der Waals surface area contributed by atoms with Crippen molar-refractivity contribution in [3.63, 3.8) is 0 Å². The van der Waals surface area contributed by atoms with E-state index in [0.29, 0.717) is 0 Å². The Balaban J connectivity index is 0.00000182. The Bertz CT molecular complexity index is 708. The Morgan fingerprint density at radius 1 is 0.963 bits per heavy atom. The molecule has 1 atom stereocenters. The molecule has 2 aromatic rings. The number of hydrogen-bond donors (Lipinski definition) is 2. The average Bonchev–Trinajstić information content (AvgIpc) is 2.56. The molecule has 0 aromatic heterocycles. The lowest BCUT2D eigenvalue weighted by Gasteiger charge is -2.35. The molecular weight excluding hydrogens is 404 g/mol. The summed E-state index contributed by atoms with van der Waals surface area (Å²) in [4.78, 5) is 2.24. The Morgan fingerprint density at radius 3 is 2.15 bits per heavy atom.